The highest BCUT2D eigenvalue weighted by atomic mass is 15.0. The Labute approximate surface area is 113 Å². The minimum Gasteiger partial charge on any atom is -0.313 e. The molecule has 3 aliphatic carbocycles. The van der Waals surface area contributed by atoms with Crippen LogP contribution in [0.4, 0.5) is 0 Å². The van der Waals surface area contributed by atoms with Crippen molar-refractivity contribution in [2.24, 2.45) is 22.2 Å². The Hall–Kier alpha value is -0.0400. The van der Waals surface area contributed by atoms with E-state index in [4.69, 9.17) is 0 Å². The summed E-state index contributed by atoms with van der Waals surface area (Å²) in [5.74, 6) is 0.971. The maximum atomic E-state index is 4.00. The molecule has 3 aliphatic rings. The summed E-state index contributed by atoms with van der Waals surface area (Å²) in [6.45, 7) is 11.3. The molecule has 0 aromatic carbocycles. The monoisotopic (exact) mass is 249 g/mol. The van der Waals surface area contributed by atoms with Crippen LogP contribution in [-0.2, 0) is 0 Å². The van der Waals surface area contributed by atoms with E-state index in [-0.39, 0.29) is 0 Å². The van der Waals surface area contributed by atoms with E-state index in [1.807, 2.05) is 0 Å². The molecule has 3 saturated carbocycles. The SMILES string of the molecule is CCC1(CNC2CC3CCC2(C)C3(C)C)CCC1. The first-order valence-corrected chi connectivity index (χ1v) is 8.17. The van der Waals surface area contributed by atoms with E-state index in [0.29, 0.717) is 16.2 Å². The van der Waals surface area contributed by atoms with Gasteiger partial charge in [-0.05, 0) is 60.7 Å². The van der Waals surface area contributed by atoms with Crippen LogP contribution in [-0.4, -0.2) is 12.6 Å². The van der Waals surface area contributed by atoms with Gasteiger partial charge in [-0.15, -0.1) is 0 Å². The summed E-state index contributed by atoms with van der Waals surface area (Å²) in [6.07, 6.45) is 10.1. The average Bonchev–Trinajstić information content (AvgIpc) is 2.61. The van der Waals surface area contributed by atoms with Gasteiger partial charge in [0.05, 0.1) is 0 Å². The number of fused-ring (bicyclic) bond motifs is 2. The van der Waals surface area contributed by atoms with Gasteiger partial charge in [0.1, 0.15) is 0 Å². The summed E-state index contributed by atoms with van der Waals surface area (Å²) in [4.78, 5) is 0. The molecule has 18 heavy (non-hydrogen) atoms. The van der Waals surface area contributed by atoms with E-state index < -0.39 is 0 Å². The van der Waals surface area contributed by atoms with Crippen molar-refractivity contribution in [2.45, 2.75) is 78.7 Å². The highest BCUT2D eigenvalue weighted by Gasteiger charge is 2.61. The number of hydrogen-bond donors (Lipinski definition) is 1. The highest BCUT2D eigenvalue weighted by molar-refractivity contribution is 5.13. The molecular formula is C17H31N. The smallest absolute Gasteiger partial charge is 0.0129 e. The minimum atomic E-state index is 0.552. The Balaban J connectivity index is 1.65. The van der Waals surface area contributed by atoms with Crippen molar-refractivity contribution in [3.63, 3.8) is 0 Å². The van der Waals surface area contributed by atoms with Gasteiger partial charge in [0.2, 0.25) is 0 Å². The third kappa shape index (κ3) is 1.55. The third-order valence-corrected chi connectivity index (χ3v) is 7.68. The van der Waals surface area contributed by atoms with Crippen LogP contribution in [0.15, 0.2) is 0 Å². The van der Waals surface area contributed by atoms with Gasteiger partial charge in [0.15, 0.2) is 0 Å². The predicted molar refractivity (Wildman–Crippen MR) is 77.6 cm³/mol. The standard InChI is InChI=1S/C17H31N/c1-5-17(8-6-9-17)12-18-14-11-13-7-10-16(14,4)15(13,2)3/h13-14,18H,5-12H2,1-4H3. The lowest BCUT2D eigenvalue weighted by molar-refractivity contribution is 0.0831. The molecule has 0 aliphatic heterocycles. The topological polar surface area (TPSA) is 12.0 Å². The van der Waals surface area contributed by atoms with Crippen molar-refractivity contribution in [1.82, 2.24) is 5.32 Å². The fourth-order valence-electron chi connectivity index (χ4n) is 5.18. The molecule has 0 aromatic heterocycles. The molecule has 3 atom stereocenters. The lowest BCUT2D eigenvalue weighted by atomic mass is 9.66. The molecule has 0 radical (unpaired) electrons. The molecule has 0 heterocycles. The maximum Gasteiger partial charge on any atom is 0.0129 e. The van der Waals surface area contributed by atoms with Crippen LogP contribution in [0.2, 0.25) is 0 Å². The fourth-order valence-corrected chi connectivity index (χ4v) is 5.18. The van der Waals surface area contributed by atoms with E-state index >= 15 is 0 Å². The summed E-state index contributed by atoms with van der Waals surface area (Å²) in [5, 5.41) is 4.00. The zero-order valence-electron chi connectivity index (χ0n) is 12.8. The van der Waals surface area contributed by atoms with E-state index in [0.717, 1.165) is 12.0 Å². The van der Waals surface area contributed by atoms with E-state index in [9.17, 15) is 0 Å². The van der Waals surface area contributed by atoms with Gasteiger partial charge >= 0.3 is 0 Å². The van der Waals surface area contributed by atoms with Crippen LogP contribution in [0.3, 0.4) is 0 Å². The molecule has 1 heteroatoms. The van der Waals surface area contributed by atoms with Crippen molar-refractivity contribution in [3.8, 4) is 0 Å². The zero-order chi connectivity index (χ0) is 13.0. The Morgan fingerprint density at radius 2 is 1.83 bits per heavy atom. The quantitative estimate of drug-likeness (QED) is 0.780. The third-order valence-electron chi connectivity index (χ3n) is 7.68. The van der Waals surface area contributed by atoms with Gasteiger partial charge in [-0.25, -0.2) is 0 Å². The van der Waals surface area contributed by atoms with Crippen LogP contribution in [0.1, 0.15) is 72.6 Å². The van der Waals surface area contributed by atoms with Crippen molar-refractivity contribution < 1.29 is 0 Å². The van der Waals surface area contributed by atoms with Gasteiger partial charge in [0.25, 0.3) is 0 Å². The van der Waals surface area contributed by atoms with Crippen LogP contribution < -0.4 is 5.32 Å². The van der Waals surface area contributed by atoms with Gasteiger partial charge < -0.3 is 5.32 Å². The van der Waals surface area contributed by atoms with Crippen molar-refractivity contribution in [2.75, 3.05) is 6.54 Å². The Bertz CT molecular complexity index is 323. The largest absolute Gasteiger partial charge is 0.313 e. The number of nitrogens with one attached hydrogen (secondary N) is 1. The van der Waals surface area contributed by atoms with Crippen LogP contribution in [0, 0.1) is 22.2 Å². The van der Waals surface area contributed by atoms with E-state index in [1.54, 1.807) is 0 Å². The van der Waals surface area contributed by atoms with Gasteiger partial charge in [-0.2, -0.15) is 0 Å². The van der Waals surface area contributed by atoms with Crippen LogP contribution in [0.25, 0.3) is 0 Å². The minimum absolute atomic E-state index is 0.552. The molecule has 0 amide bonds. The Morgan fingerprint density at radius 3 is 2.22 bits per heavy atom. The second-order valence-corrected chi connectivity index (χ2v) is 8.25. The number of rotatable bonds is 4. The molecule has 3 fully saturated rings. The van der Waals surface area contributed by atoms with E-state index in [2.05, 4.69) is 33.0 Å². The van der Waals surface area contributed by atoms with Gasteiger partial charge in [0, 0.05) is 12.6 Å². The first-order valence-electron chi connectivity index (χ1n) is 8.17. The average molecular weight is 249 g/mol. The summed E-state index contributed by atoms with van der Waals surface area (Å²) >= 11 is 0. The van der Waals surface area contributed by atoms with Crippen molar-refractivity contribution in [1.29, 1.82) is 0 Å². The molecule has 3 rings (SSSR count). The summed E-state index contributed by atoms with van der Waals surface area (Å²) in [5.41, 5.74) is 1.78. The first kappa shape index (κ1) is 13.0. The normalized spacial score (nSPS) is 44.0. The van der Waals surface area contributed by atoms with Crippen molar-refractivity contribution in [3.05, 3.63) is 0 Å². The molecule has 1 nitrogen and oxygen atoms in total. The summed E-state index contributed by atoms with van der Waals surface area (Å²) in [6, 6.07) is 0.787. The second-order valence-electron chi connectivity index (χ2n) is 8.25. The first-order chi connectivity index (χ1) is 8.44. The molecule has 2 bridgehead atoms. The molecule has 0 saturated heterocycles. The number of hydrogen-bond acceptors (Lipinski definition) is 1. The molecule has 1 N–H and O–H groups in total. The second kappa shape index (κ2) is 3.98. The molecule has 3 unspecified atom stereocenters. The fraction of sp³-hybridized carbons (Fsp3) is 1.00. The van der Waals surface area contributed by atoms with Gasteiger partial charge in [-0.3, -0.25) is 0 Å². The van der Waals surface area contributed by atoms with Crippen LogP contribution in [0.5, 0.6) is 0 Å². The summed E-state index contributed by atoms with van der Waals surface area (Å²) in [7, 11) is 0. The predicted octanol–water partition coefficient (Wildman–Crippen LogP) is 4.37. The Kier molecular flexibility index (Phi) is 2.86. The molecule has 0 aromatic rings. The molecule has 104 valence electrons. The maximum absolute atomic E-state index is 4.00. The highest BCUT2D eigenvalue weighted by Crippen LogP contribution is 2.65. The molecular weight excluding hydrogens is 218 g/mol. The van der Waals surface area contributed by atoms with Crippen molar-refractivity contribution >= 4 is 0 Å². The Morgan fingerprint density at radius 1 is 1.11 bits per heavy atom. The van der Waals surface area contributed by atoms with E-state index in [1.165, 1.54) is 51.5 Å². The van der Waals surface area contributed by atoms with Crippen LogP contribution >= 0.6 is 0 Å². The zero-order valence-corrected chi connectivity index (χ0v) is 12.8. The lowest BCUT2D eigenvalue weighted by Gasteiger charge is -2.45. The molecule has 0 spiro atoms. The van der Waals surface area contributed by atoms with Gasteiger partial charge in [-0.1, -0.05) is 34.1 Å². The summed E-state index contributed by atoms with van der Waals surface area (Å²) < 4.78 is 0. The lowest BCUT2D eigenvalue weighted by Crippen LogP contribution is -2.49.